The average molecular weight is 228 g/mol. The van der Waals surface area contributed by atoms with Crippen LogP contribution in [-0.4, -0.2) is 47.6 Å². The molecule has 3 heteroatoms. The minimum absolute atomic E-state index is 0.628. The lowest BCUT2D eigenvalue weighted by Gasteiger charge is -2.41. The zero-order chi connectivity index (χ0) is 11.3. The number of nitrogens with zero attached hydrogens (tertiary/aromatic N) is 1. The van der Waals surface area contributed by atoms with Crippen LogP contribution in [0.15, 0.2) is 12.7 Å². The first kappa shape index (κ1) is 13.1. The van der Waals surface area contributed by atoms with Crippen molar-refractivity contribution in [3.8, 4) is 0 Å². The fourth-order valence-corrected chi connectivity index (χ4v) is 3.21. The molecule has 0 aliphatic carbocycles. The first-order chi connectivity index (χ1) is 7.16. The lowest BCUT2D eigenvalue weighted by atomic mass is 10.1. The van der Waals surface area contributed by atoms with Crippen LogP contribution in [0.1, 0.15) is 20.8 Å². The zero-order valence-corrected chi connectivity index (χ0v) is 11.0. The van der Waals surface area contributed by atoms with Gasteiger partial charge in [0.05, 0.1) is 0 Å². The molecule has 1 heterocycles. The summed E-state index contributed by atoms with van der Waals surface area (Å²) >= 11 is 2.10. The van der Waals surface area contributed by atoms with Crippen molar-refractivity contribution in [3.05, 3.63) is 12.7 Å². The standard InChI is InChI=1S/C12H24N2S/c1-5-6-13-9-10(2)14-7-8-15-12(4)11(14)3/h5,10-13H,1,6-9H2,2-4H3. The van der Waals surface area contributed by atoms with Crippen LogP contribution in [-0.2, 0) is 0 Å². The molecule has 0 aromatic carbocycles. The maximum absolute atomic E-state index is 3.72. The number of thioether (sulfide) groups is 1. The van der Waals surface area contributed by atoms with Gasteiger partial charge in [0.15, 0.2) is 0 Å². The highest BCUT2D eigenvalue weighted by molar-refractivity contribution is 8.00. The van der Waals surface area contributed by atoms with E-state index in [0.29, 0.717) is 12.1 Å². The van der Waals surface area contributed by atoms with Gasteiger partial charge in [0.1, 0.15) is 0 Å². The summed E-state index contributed by atoms with van der Waals surface area (Å²) in [6, 6.07) is 1.33. The molecule has 1 rings (SSSR count). The first-order valence-electron chi connectivity index (χ1n) is 5.85. The van der Waals surface area contributed by atoms with Crippen LogP contribution in [0, 0.1) is 0 Å². The molecule has 0 saturated carbocycles. The Morgan fingerprint density at radius 2 is 2.33 bits per heavy atom. The van der Waals surface area contributed by atoms with Gasteiger partial charge in [-0.2, -0.15) is 11.8 Å². The average Bonchev–Trinajstić information content (AvgIpc) is 2.22. The smallest absolute Gasteiger partial charge is 0.0196 e. The molecule has 1 fully saturated rings. The fraction of sp³-hybridized carbons (Fsp3) is 0.833. The lowest BCUT2D eigenvalue weighted by Crippen LogP contribution is -2.52. The highest BCUT2D eigenvalue weighted by Crippen LogP contribution is 2.25. The van der Waals surface area contributed by atoms with Crippen LogP contribution in [0.2, 0.25) is 0 Å². The molecule has 88 valence electrons. The summed E-state index contributed by atoms with van der Waals surface area (Å²) in [6.07, 6.45) is 1.92. The Morgan fingerprint density at radius 3 is 3.00 bits per heavy atom. The van der Waals surface area contributed by atoms with Crippen molar-refractivity contribution >= 4 is 11.8 Å². The molecule has 0 bridgehead atoms. The van der Waals surface area contributed by atoms with Gasteiger partial charge >= 0.3 is 0 Å². The second-order valence-corrected chi connectivity index (χ2v) is 5.84. The molecule has 1 aliphatic heterocycles. The highest BCUT2D eigenvalue weighted by atomic mass is 32.2. The van der Waals surface area contributed by atoms with Gasteiger partial charge in [0.2, 0.25) is 0 Å². The number of nitrogens with one attached hydrogen (secondary N) is 1. The van der Waals surface area contributed by atoms with Crippen molar-refractivity contribution in [2.75, 3.05) is 25.4 Å². The summed E-state index contributed by atoms with van der Waals surface area (Å²) in [5.41, 5.74) is 0. The van der Waals surface area contributed by atoms with Gasteiger partial charge in [-0.05, 0) is 13.8 Å². The van der Waals surface area contributed by atoms with E-state index in [-0.39, 0.29) is 0 Å². The van der Waals surface area contributed by atoms with Crippen molar-refractivity contribution in [2.24, 2.45) is 0 Å². The van der Waals surface area contributed by atoms with E-state index in [0.717, 1.165) is 18.3 Å². The molecule has 0 radical (unpaired) electrons. The monoisotopic (exact) mass is 228 g/mol. The minimum atomic E-state index is 0.628. The van der Waals surface area contributed by atoms with E-state index < -0.39 is 0 Å². The maximum Gasteiger partial charge on any atom is 0.0196 e. The van der Waals surface area contributed by atoms with Gasteiger partial charge in [0, 0.05) is 42.7 Å². The van der Waals surface area contributed by atoms with E-state index in [1.807, 2.05) is 6.08 Å². The Bertz CT molecular complexity index is 196. The molecular weight excluding hydrogens is 204 g/mol. The summed E-state index contributed by atoms with van der Waals surface area (Å²) in [6.45, 7) is 13.9. The van der Waals surface area contributed by atoms with Crippen LogP contribution < -0.4 is 5.32 Å². The largest absolute Gasteiger partial charge is 0.312 e. The summed E-state index contributed by atoms with van der Waals surface area (Å²) in [5, 5.41) is 4.17. The molecule has 0 aromatic rings. The predicted molar refractivity (Wildman–Crippen MR) is 70.6 cm³/mol. The molecule has 3 atom stereocenters. The van der Waals surface area contributed by atoms with Gasteiger partial charge in [-0.1, -0.05) is 13.0 Å². The first-order valence-corrected chi connectivity index (χ1v) is 6.90. The van der Waals surface area contributed by atoms with Gasteiger partial charge in [0.25, 0.3) is 0 Å². The van der Waals surface area contributed by atoms with Crippen molar-refractivity contribution in [3.63, 3.8) is 0 Å². The topological polar surface area (TPSA) is 15.3 Å². The van der Waals surface area contributed by atoms with Crippen molar-refractivity contribution in [1.29, 1.82) is 0 Å². The summed E-state index contributed by atoms with van der Waals surface area (Å²) in [5.74, 6) is 1.28. The quantitative estimate of drug-likeness (QED) is 0.572. The molecule has 3 unspecified atom stereocenters. The van der Waals surface area contributed by atoms with E-state index in [9.17, 15) is 0 Å². The third kappa shape index (κ3) is 3.82. The lowest BCUT2D eigenvalue weighted by molar-refractivity contribution is 0.155. The Morgan fingerprint density at radius 1 is 1.60 bits per heavy atom. The van der Waals surface area contributed by atoms with Crippen LogP contribution >= 0.6 is 11.8 Å². The van der Waals surface area contributed by atoms with Crippen molar-refractivity contribution < 1.29 is 0 Å². The van der Waals surface area contributed by atoms with Crippen molar-refractivity contribution in [1.82, 2.24) is 10.2 Å². The number of hydrogen-bond acceptors (Lipinski definition) is 3. The zero-order valence-electron chi connectivity index (χ0n) is 10.2. The SMILES string of the molecule is C=CCNCC(C)N1CCSC(C)C1C. The van der Waals surface area contributed by atoms with Gasteiger partial charge in [-0.3, -0.25) is 4.90 Å². The third-order valence-corrected chi connectivity index (χ3v) is 4.57. The van der Waals surface area contributed by atoms with Gasteiger partial charge in [-0.15, -0.1) is 6.58 Å². The van der Waals surface area contributed by atoms with Crippen LogP contribution in [0.3, 0.4) is 0 Å². The molecule has 2 nitrogen and oxygen atoms in total. The number of hydrogen-bond donors (Lipinski definition) is 1. The summed E-state index contributed by atoms with van der Waals surface area (Å²) in [4.78, 5) is 2.62. The predicted octanol–water partition coefficient (Wildman–Crippen LogP) is 1.98. The molecule has 0 aromatic heterocycles. The molecule has 1 N–H and O–H groups in total. The van der Waals surface area contributed by atoms with E-state index in [2.05, 4.69) is 49.3 Å². The molecule has 1 aliphatic rings. The molecule has 0 amide bonds. The fourth-order valence-electron chi connectivity index (χ4n) is 2.09. The molecule has 15 heavy (non-hydrogen) atoms. The molecular formula is C12H24N2S. The molecule has 1 saturated heterocycles. The Labute approximate surface area is 98.5 Å². The Hall–Kier alpha value is 0.0100. The van der Waals surface area contributed by atoms with Crippen LogP contribution in [0.25, 0.3) is 0 Å². The minimum Gasteiger partial charge on any atom is -0.312 e. The Kier molecular flexibility index (Phi) is 5.72. The van der Waals surface area contributed by atoms with E-state index in [1.54, 1.807) is 0 Å². The normalized spacial score (nSPS) is 30.1. The van der Waals surface area contributed by atoms with Crippen LogP contribution in [0.4, 0.5) is 0 Å². The highest BCUT2D eigenvalue weighted by Gasteiger charge is 2.28. The van der Waals surface area contributed by atoms with Gasteiger partial charge in [-0.25, -0.2) is 0 Å². The number of rotatable bonds is 5. The van der Waals surface area contributed by atoms with Gasteiger partial charge < -0.3 is 5.32 Å². The second kappa shape index (κ2) is 6.56. The Balaban J connectivity index is 2.36. The summed E-state index contributed by atoms with van der Waals surface area (Å²) in [7, 11) is 0. The summed E-state index contributed by atoms with van der Waals surface area (Å²) < 4.78 is 0. The van der Waals surface area contributed by atoms with Crippen molar-refractivity contribution in [2.45, 2.75) is 38.1 Å². The molecule has 0 spiro atoms. The van der Waals surface area contributed by atoms with Crippen LogP contribution in [0.5, 0.6) is 0 Å². The third-order valence-electron chi connectivity index (χ3n) is 3.23. The van der Waals surface area contributed by atoms with E-state index in [1.165, 1.54) is 12.3 Å². The second-order valence-electron chi connectivity index (χ2n) is 4.35. The maximum atomic E-state index is 3.72. The van der Waals surface area contributed by atoms with E-state index >= 15 is 0 Å². The van der Waals surface area contributed by atoms with E-state index in [4.69, 9.17) is 0 Å².